The van der Waals surface area contributed by atoms with Crippen LogP contribution in [0.1, 0.15) is 37.8 Å². The normalized spacial score (nSPS) is 15.6. The van der Waals surface area contributed by atoms with Gasteiger partial charge in [-0.2, -0.15) is 0 Å². The van der Waals surface area contributed by atoms with Crippen molar-refractivity contribution in [2.24, 2.45) is 4.99 Å². The van der Waals surface area contributed by atoms with Crippen molar-refractivity contribution in [1.82, 2.24) is 15.5 Å². The molecule has 1 heterocycles. The zero-order chi connectivity index (χ0) is 18.3. The van der Waals surface area contributed by atoms with Gasteiger partial charge in [-0.25, -0.2) is 0 Å². The standard InChI is InChI=1S/C19H30N4O2/c1-19(2,25-4)14-22-18(20-3)21-12-15-8-5-6-9-16(15)13-23-11-7-10-17(23)24/h5-6,8-9H,7,10-14H2,1-4H3,(H2,20,21,22). The number of ether oxygens (including phenoxy) is 1. The molecule has 1 fully saturated rings. The van der Waals surface area contributed by atoms with Gasteiger partial charge in [0.1, 0.15) is 0 Å². The Morgan fingerprint density at radius 2 is 2.00 bits per heavy atom. The van der Waals surface area contributed by atoms with Crippen LogP contribution < -0.4 is 10.6 Å². The molecule has 25 heavy (non-hydrogen) atoms. The van der Waals surface area contributed by atoms with E-state index in [0.29, 0.717) is 26.1 Å². The van der Waals surface area contributed by atoms with E-state index in [9.17, 15) is 4.79 Å². The molecule has 0 spiro atoms. The second-order valence-electron chi connectivity index (χ2n) is 6.93. The van der Waals surface area contributed by atoms with Crippen LogP contribution in [0.25, 0.3) is 0 Å². The zero-order valence-electron chi connectivity index (χ0n) is 15.8. The van der Waals surface area contributed by atoms with E-state index < -0.39 is 0 Å². The Hall–Kier alpha value is -2.08. The van der Waals surface area contributed by atoms with Crippen molar-refractivity contribution in [1.29, 1.82) is 0 Å². The maximum absolute atomic E-state index is 11.9. The maximum Gasteiger partial charge on any atom is 0.222 e. The van der Waals surface area contributed by atoms with E-state index in [1.165, 1.54) is 11.1 Å². The third-order valence-electron chi connectivity index (χ3n) is 4.56. The van der Waals surface area contributed by atoms with Crippen LogP contribution in [0, 0.1) is 0 Å². The van der Waals surface area contributed by atoms with E-state index >= 15 is 0 Å². The van der Waals surface area contributed by atoms with Gasteiger partial charge in [-0.3, -0.25) is 9.79 Å². The fourth-order valence-corrected chi connectivity index (χ4v) is 2.73. The first-order valence-corrected chi connectivity index (χ1v) is 8.79. The number of benzene rings is 1. The predicted octanol–water partition coefficient (Wildman–Crippen LogP) is 1.90. The molecule has 1 aromatic carbocycles. The Morgan fingerprint density at radius 3 is 2.60 bits per heavy atom. The van der Waals surface area contributed by atoms with Crippen molar-refractivity contribution in [3.8, 4) is 0 Å². The average Bonchev–Trinajstić information content (AvgIpc) is 3.01. The summed E-state index contributed by atoms with van der Waals surface area (Å²) >= 11 is 0. The molecule has 6 heteroatoms. The highest BCUT2D eigenvalue weighted by Gasteiger charge is 2.21. The summed E-state index contributed by atoms with van der Waals surface area (Å²) < 4.78 is 5.42. The number of guanidine groups is 1. The number of aliphatic imine (C=N–C) groups is 1. The van der Waals surface area contributed by atoms with E-state index in [2.05, 4.69) is 27.8 Å². The molecule has 2 N–H and O–H groups in total. The topological polar surface area (TPSA) is 66.0 Å². The van der Waals surface area contributed by atoms with Crippen molar-refractivity contribution >= 4 is 11.9 Å². The van der Waals surface area contributed by atoms with Gasteiger partial charge in [-0.1, -0.05) is 24.3 Å². The van der Waals surface area contributed by atoms with Crippen LogP contribution in [0.3, 0.4) is 0 Å². The highest BCUT2D eigenvalue weighted by Crippen LogP contribution is 2.17. The minimum atomic E-state index is -0.258. The van der Waals surface area contributed by atoms with E-state index in [-0.39, 0.29) is 11.5 Å². The largest absolute Gasteiger partial charge is 0.377 e. The summed E-state index contributed by atoms with van der Waals surface area (Å²) in [6, 6.07) is 8.23. The summed E-state index contributed by atoms with van der Waals surface area (Å²) in [4.78, 5) is 18.1. The quantitative estimate of drug-likeness (QED) is 0.585. The van der Waals surface area contributed by atoms with Gasteiger partial charge in [0.25, 0.3) is 0 Å². The van der Waals surface area contributed by atoms with Gasteiger partial charge < -0.3 is 20.3 Å². The molecule has 0 atom stereocenters. The highest BCUT2D eigenvalue weighted by molar-refractivity contribution is 5.80. The van der Waals surface area contributed by atoms with E-state index in [4.69, 9.17) is 4.74 Å². The summed E-state index contributed by atoms with van der Waals surface area (Å²) in [6.07, 6.45) is 1.64. The molecule has 0 aromatic heterocycles. The fourth-order valence-electron chi connectivity index (χ4n) is 2.73. The molecule has 1 amide bonds. The number of hydrogen-bond donors (Lipinski definition) is 2. The van der Waals surface area contributed by atoms with Gasteiger partial charge >= 0.3 is 0 Å². The van der Waals surface area contributed by atoms with Crippen LogP contribution in [0.5, 0.6) is 0 Å². The van der Waals surface area contributed by atoms with Crippen molar-refractivity contribution < 1.29 is 9.53 Å². The van der Waals surface area contributed by atoms with Gasteiger partial charge in [0.15, 0.2) is 5.96 Å². The fraction of sp³-hybridized carbons (Fsp3) is 0.579. The molecule has 6 nitrogen and oxygen atoms in total. The number of likely N-dealkylation sites (tertiary alicyclic amines) is 1. The molecule has 0 unspecified atom stereocenters. The number of nitrogens with zero attached hydrogens (tertiary/aromatic N) is 2. The van der Waals surface area contributed by atoms with Crippen LogP contribution >= 0.6 is 0 Å². The second kappa shape index (κ2) is 8.85. The van der Waals surface area contributed by atoms with Gasteiger partial charge in [-0.05, 0) is 31.4 Å². The minimum Gasteiger partial charge on any atom is -0.377 e. The summed E-state index contributed by atoms with van der Waals surface area (Å²) in [5, 5.41) is 6.62. The van der Waals surface area contributed by atoms with E-state index in [1.807, 2.05) is 30.9 Å². The molecule has 1 saturated heterocycles. The number of carbonyl (C=O) groups excluding carboxylic acids is 1. The number of rotatable bonds is 7. The Kier molecular flexibility index (Phi) is 6.82. The summed E-state index contributed by atoms with van der Waals surface area (Å²) in [7, 11) is 3.46. The predicted molar refractivity (Wildman–Crippen MR) is 100 cm³/mol. The van der Waals surface area contributed by atoms with Crippen molar-refractivity contribution in [2.75, 3.05) is 27.2 Å². The minimum absolute atomic E-state index is 0.252. The Labute approximate surface area is 150 Å². The lowest BCUT2D eigenvalue weighted by Gasteiger charge is -2.24. The van der Waals surface area contributed by atoms with Crippen molar-refractivity contribution in [3.05, 3.63) is 35.4 Å². The first kappa shape index (κ1) is 19.2. The van der Waals surface area contributed by atoms with Gasteiger partial charge in [0.05, 0.1) is 5.60 Å². The van der Waals surface area contributed by atoms with Crippen LogP contribution in [0.4, 0.5) is 0 Å². The third-order valence-corrected chi connectivity index (χ3v) is 4.56. The lowest BCUT2D eigenvalue weighted by Crippen LogP contribution is -2.45. The molecule has 1 aromatic rings. The molecule has 0 aliphatic carbocycles. The number of methoxy groups -OCH3 is 1. The monoisotopic (exact) mass is 346 g/mol. The lowest BCUT2D eigenvalue weighted by molar-refractivity contribution is -0.128. The smallest absolute Gasteiger partial charge is 0.222 e. The molecule has 0 bridgehead atoms. The second-order valence-corrected chi connectivity index (χ2v) is 6.93. The number of carbonyl (C=O) groups is 1. The van der Waals surface area contributed by atoms with Gasteiger partial charge in [0.2, 0.25) is 5.91 Å². The van der Waals surface area contributed by atoms with Gasteiger partial charge in [-0.15, -0.1) is 0 Å². The molecule has 1 aliphatic heterocycles. The summed E-state index contributed by atoms with van der Waals surface area (Å²) in [5.41, 5.74) is 2.10. The summed E-state index contributed by atoms with van der Waals surface area (Å²) in [5.74, 6) is 0.985. The molecular formula is C19H30N4O2. The van der Waals surface area contributed by atoms with Gasteiger partial charge in [0, 0.05) is 46.8 Å². The Morgan fingerprint density at radius 1 is 1.28 bits per heavy atom. The number of hydrogen-bond acceptors (Lipinski definition) is 3. The third kappa shape index (κ3) is 5.74. The average molecular weight is 346 g/mol. The van der Waals surface area contributed by atoms with Crippen molar-refractivity contribution in [3.63, 3.8) is 0 Å². The molecular weight excluding hydrogens is 316 g/mol. The summed E-state index contributed by atoms with van der Waals surface area (Å²) in [6.45, 7) is 6.90. The Bertz CT molecular complexity index is 613. The van der Waals surface area contributed by atoms with E-state index in [0.717, 1.165) is 18.9 Å². The SMILES string of the molecule is CN=C(NCc1ccccc1CN1CCCC1=O)NCC(C)(C)OC. The van der Waals surface area contributed by atoms with Crippen molar-refractivity contribution in [2.45, 2.75) is 45.4 Å². The molecule has 1 aliphatic rings. The number of amides is 1. The first-order valence-electron chi connectivity index (χ1n) is 8.79. The lowest BCUT2D eigenvalue weighted by atomic mass is 10.1. The maximum atomic E-state index is 11.9. The Balaban J connectivity index is 1.94. The zero-order valence-corrected chi connectivity index (χ0v) is 15.8. The molecule has 0 saturated carbocycles. The van der Waals surface area contributed by atoms with Crippen LogP contribution in [-0.2, 0) is 22.6 Å². The van der Waals surface area contributed by atoms with Crippen LogP contribution in [0.15, 0.2) is 29.3 Å². The molecule has 0 radical (unpaired) electrons. The van der Waals surface area contributed by atoms with Crippen LogP contribution in [0.2, 0.25) is 0 Å². The highest BCUT2D eigenvalue weighted by atomic mass is 16.5. The number of nitrogens with one attached hydrogen (secondary N) is 2. The first-order chi connectivity index (χ1) is 11.9. The van der Waals surface area contributed by atoms with Crippen LogP contribution in [-0.4, -0.2) is 49.6 Å². The van der Waals surface area contributed by atoms with E-state index in [1.54, 1.807) is 14.2 Å². The molecule has 2 rings (SSSR count). The molecule has 138 valence electrons.